The molecule has 3 rings (SSSR count). The van der Waals surface area contributed by atoms with Crippen molar-refractivity contribution in [2.75, 3.05) is 18.4 Å². The number of rotatable bonds is 4. The number of carbonyl (C=O) groups excluding carboxylic acids is 1. The van der Waals surface area contributed by atoms with Crippen molar-refractivity contribution in [1.29, 1.82) is 0 Å². The average molecular weight is 337 g/mol. The summed E-state index contributed by atoms with van der Waals surface area (Å²) in [6.45, 7) is 2.00. The summed E-state index contributed by atoms with van der Waals surface area (Å²) in [6, 6.07) is 3.47. The third-order valence-electron chi connectivity index (χ3n) is 3.86. The van der Waals surface area contributed by atoms with Crippen molar-refractivity contribution in [1.82, 2.24) is 10.3 Å². The lowest BCUT2D eigenvalue weighted by molar-refractivity contribution is -0.115. The smallest absolute Gasteiger partial charge is 0.230 e. The van der Waals surface area contributed by atoms with Crippen molar-refractivity contribution >= 4 is 22.4 Å². The van der Waals surface area contributed by atoms with Crippen LogP contribution in [0, 0.1) is 11.6 Å². The highest BCUT2D eigenvalue weighted by molar-refractivity contribution is 7.15. The van der Waals surface area contributed by atoms with Gasteiger partial charge in [-0.05, 0) is 49.5 Å². The second kappa shape index (κ2) is 7.14. The number of carbonyl (C=O) groups is 1. The molecule has 0 unspecified atom stereocenters. The topological polar surface area (TPSA) is 54.0 Å². The highest BCUT2D eigenvalue weighted by Gasteiger charge is 2.18. The molecule has 122 valence electrons. The zero-order valence-corrected chi connectivity index (χ0v) is 13.3. The van der Waals surface area contributed by atoms with Gasteiger partial charge >= 0.3 is 0 Å². The van der Waals surface area contributed by atoms with E-state index >= 15 is 0 Å². The van der Waals surface area contributed by atoms with Gasteiger partial charge in [0, 0.05) is 11.1 Å². The average Bonchev–Trinajstić information content (AvgIpc) is 3.00. The molecule has 1 aromatic carbocycles. The fraction of sp³-hybridized carbons (Fsp3) is 0.375. The molecule has 0 bridgehead atoms. The number of benzene rings is 1. The Morgan fingerprint density at radius 1 is 1.30 bits per heavy atom. The molecule has 1 aliphatic rings. The number of anilines is 1. The summed E-state index contributed by atoms with van der Waals surface area (Å²) >= 11 is 1.48. The van der Waals surface area contributed by atoms with Crippen LogP contribution in [0.2, 0.25) is 0 Å². The van der Waals surface area contributed by atoms with Crippen LogP contribution in [0.5, 0.6) is 0 Å². The minimum atomic E-state index is -0.947. The molecule has 2 heterocycles. The first-order valence-corrected chi connectivity index (χ1v) is 8.33. The number of thiazole rings is 1. The molecule has 0 aliphatic carbocycles. The van der Waals surface area contributed by atoms with E-state index in [1.807, 2.05) is 6.20 Å². The first kappa shape index (κ1) is 16.0. The molecule has 4 nitrogen and oxygen atoms in total. The Morgan fingerprint density at radius 3 is 2.83 bits per heavy atom. The lowest BCUT2D eigenvalue weighted by atomic mass is 9.97. The number of halogens is 2. The van der Waals surface area contributed by atoms with Gasteiger partial charge < -0.3 is 10.6 Å². The van der Waals surface area contributed by atoms with Crippen LogP contribution in [0.25, 0.3) is 0 Å². The summed E-state index contributed by atoms with van der Waals surface area (Å²) in [6.07, 6.45) is 3.95. The largest absolute Gasteiger partial charge is 0.317 e. The number of piperidine rings is 1. The molecular weight excluding hydrogens is 320 g/mol. The van der Waals surface area contributed by atoms with E-state index in [9.17, 15) is 13.6 Å². The van der Waals surface area contributed by atoms with Gasteiger partial charge in [0.25, 0.3) is 0 Å². The van der Waals surface area contributed by atoms with E-state index in [0.717, 1.165) is 38.1 Å². The molecule has 1 aliphatic heterocycles. The SMILES string of the molecule is O=C(Cc1ccc(F)c(F)c1)Nc1ncc(C2CCNCC2)s1. The van der Waals surface area contributed by atoms with E-state index < -0.39 is 11.6 Å². The van der Waals surface area contributed by atoms with Crippen LogP contribution in [-0.4, -0.2) is 24.0 Å². The Labute approximate surface area is 136 Å². The molecule has 1 fully saturated rings. The first-order valence-electron chi connectivity index (χ1n) is 7.52. The lowest BCUT2D eigenvalue weighted by Crippen LogP contribution is -2.26. The molecule has 1 saturated heterocycles. The van der Waals surface area contributed by atoms with Gasteiger partial charge in [-0.15, -0.1) is 11.3 Å². The molecule has 0 spiro atoms. The molecule has 7 heteroatoms. The van der Waals surface area contributed by atoms with Gasteiger partial charge in [0.15, 0.2) is 16.8 Å². The van der Waals surface area contributed by atoms with Gasteiger partial charge in [-0.1, -0.05) is 6.07 Å². The highest BCUT2D eigenvalue weighted by Crippen LogP contribution is 2.31. The Bertz CT molecular complexity index is 698. The maximum absolute atomic E-state index is 13.1. The maximum atomic E-state index is 13.1. The van der Waals surface area contributed by atoms with E-state index in [1.165, 1.54) is 22.3 Å². The molecule has 0 atom stereocenters. The van der Waals surface area contributed by atoms with Crippen molar-refractivity contribution in [2.24, 2.45) is 0 Å². The Kier molecular flexibility index (Phi) is 4.97. The molecule has 23 heavy (non-hydrogen) atoms. The van der Waals surface area contributed by atoms with Crippen molar-refractivity contribution in [2.45, 2.75) is 25.2 Å². The molecule has 1 aromatic heterocycles. The third kappa shape index (κ3) is 4.11. The minimum absolute atomic E-state index is 0.0144. The number of hydrogen-bond acceptors (Lipinski definition) is 4. The van der Waals surface area contributed by atoms with Crippen LogP contribution in [0.1, 0.15) is 29.2 Å². The first-order chi connectivity index (χ1) is 11.1. The van der Waals surface area contributed by atoms with Gasteiger partial charge in [-0.2, -0.15) is 0 Å². The zero-order valence-electron chi connectivity index (χ0n) is 12.4. The fourth-order valence-corrected chi connectivity index (χ4v) is 3.64. The second-order valence-electron chi connectivity index (χ2n) is 5.57. The monoisotopic (exact) mass is 337 g/mol. The van der Waals surface area contributed by atoms with Crippen LogP contribution in [0.4, 0.5) is 13.9 Å². The van der Waals surface area contributed by atoms with E-state index in [1.54, 1.807) is 0 Å². The fourth-order valence-electron chi connectivity index (χ4n) is 2.64. The minimum Gasteiger partial charge on any atom is -0.317 e. The summed E-state index contributed by atoms with van der Waals surface area (Å²) < 4.78 is 26.0. The van der Waals surface area contributed by atoms with Crippen molar-refractivity contribution in [3.63, 3.8) is 0 Å². The summed E-state index contributed by atoms with van der Waals surface area (Å²) in [4.78, 5) is 17.4. The zero-order chi connectivity index (χ0) is 16.2. The van der Waals surface area contributed by atoms with Crippen LogP contribution >= 0.6 is 11.3 Å². The van der Waals surface area contributed by atoms with Gasteiger partial charge in [0.1, 0.15) is 0 Å². The normalized spacial score (nSPS) is 15.6. The third-order valence-corrected chi connectivity index (χ3v) is 4.94. The second-order valence-corrected chi connectivity index (χ2v) is 6.63. The number of amides is 1. The predicted molar refractivity (Wildman–Crippen MR) is 85.7 cm³/mol. The van der Waals surface area contributed by atoms with E-state index in [-0.39, 0.29) is 12.3 Å². The van der Waals surface area contributed by atoms with E-state index in [2.05, 4.69) is 15.6 Å². The summed E-state index contributed by atoms with van der Waals surface area (Å²) in [7, 11) is 0. The Balaban J connectivity index is 1.59. The number of nitrogens with zero attached hydrogens (tertiary/aromatic N) is 1. The van der Waals surface area contributed by atoms with Crippen LogP contribution < -0.4 is 10.6 Å². The quantitative estimate of drug-likeness (QED) is 0.901. The molecule has 1 amide bonds. The Hall–Kier alpha value is -1.86. The maximum Gasteiger partial charge on any atom is 0.230 e. The standard InChI is InChI=1S/C16H17F2N3OS/c17-12-2-1-10(7-13(12)18)8-15(22)21-16-20-9-14(23-16)11-3-5-19-6-4-11/h1-2,7,9,11,19H,3-6,8H2,(H,20,21,22). The summed E-state index contributed by atoms with van der Waals surface area (Å²) in [5.74, 6) is -1.66. The van der Waals surface area contributed by atoms with Gasteiger partial charge in [0.2, 0.25) is 5.91 Å². The highest BCUT2D eigenvalue weighted by atomic mass is 32.1. The van der Waals surface area contributed by atoms with Crippen LogP contribution in [0.3, 0.4) is 0 Å². The molecule has 0 radical (unpaired) electrons. The molecule has 0 saturated carbocycles. The van der Waals surface area contributed by atoms with Crippen LogP contribution in [-0.2, 0) is 11.2 Å². The van der Waals surface area contributed by atoms with Crippen molar-refractivity contribution < 1.29 is 13.6 Å². The lowest BCUT2D eigenvalue weighted by Gasteiger charge is -2.20. The van der Waals surface area contributed by atoms with Gasteiger partial charge in [0.05, 0.1) is 6.42 Å². The van der Waals surface area contributed by atoms with E-state index in [4.69, 9.17) is 0 Å². The number of aromatic nitrogens is 1. The Morgan fingerprint density at radius 2 is 2.09 bits per heavy atom. The molecule has 2 aromatic rings. The molecular formula is C16H17F2N3OS. The van der Waals surface area contributed by atoms with E-state index in [0.29, 0.717) is 16.6 Å². The number of hydrogen-bond donors (Lipinski definition) is 2. The number of nitrogens with one attached hydrogen (secondary N) is 2. The molecule has 2 N–H and O–H groups in total. The summed E-state index contributed by atoms with van der Waals surface area (Å²) in [5, 5.41) is 6.58. The van der Waals surface area contributed by atoms with Gasteiger partial charge in [-0.25, -0.2) is 13.8 Å². The van der Waals surface area contributed by atoms with Crippen molar-refractivity contribution in [3.05, 3.63) is 46.5 Å². The summed E-state index contributed by atoms with van der Waals surface area (Å²) in [5.41, 5.74) is 0.427. The van der Waals surface area contributed by atoms with Crippen LogP contribution in [0.15, 0.2) is 24.4 Å². The predicted octanol–water partition coefficient (Wildman–Crippen LogP) is 3.07. The van der Waals surface area contributed by atoms with Crippen molar-refractivity contribution in [3.8, 4) is 0 Å². The van der Waals surface area contributed by atoms with Gasteiger partial charge in [-0.3, -0.25) is 4.79 Å².